The minimum Gasteiger partial charge on any atom is -1.00 e. The molecule has 2 aliphatic rings. The summed E-state index contributed by atoms with van der Waals surface area (Å²) in [5.74, 6) is 1.03. The third-order valence-corrected chi connectivity index (χ3v) is 4.73. The van der Waals surface area contributed by atoms with Gasteiger partial charge < -0.3 is 28.5 Å². The van der Waals surface area contributed by atoms with Crippen molar-refractivity contribution in [3.63, 3.8) is 0 Å². The zero-order valence-electron chi connectivity index (χ0n) is 10.8. The quantitative estimate of drug-likeness (QED) is 0.529. The molecule has 1 nitrogen and oxygen atoms in total. The van der Waals surface area contributed by atoms with E-state index in [0.717, 1.165) is 12.0 Å². The van der Waals surface area contributed by atoms with Crippen LogP contribution in [0.25, 0.3) is 0 Å². The molecule has 1 aromatic rings. The summed E-state index contributed by atoms with van der Waals surface area (Å²) in [6.45, 7) is 4.82. The number of benzene rings is 1. The Morgan fingerprint density at radius 2 is 1.88 bits per heavy atom. The fourth-order valence-corrected chi connectivity index (χ4v) is 3.82. The van der Waals surface area contributed by atoms with Gasteiger partial charge in [-0.3, -0.25) is 0 Å². The Kier molecular flexibility index (Phi) is 3.83. The first-order valence-electron chi connectivity index (χ1n) is 6.55. The minimum atomic E-state index is 0. The lowest BCUT2D eigenvalue weighted by Gasteiger charge is -2.38. The van der Waals surface area contributed by atoms with E-state index in [9.17, 15) is 0 Å². The number of hydrogen-bond acceptors (Lipinski definition) is 0. The Hall–Kier alpha value is -0.0900. The number of halogens is 1. The molecule has 3 rings (SSSR count). The molecule has 0 N–H and O–H groups in total. The average molecular weight is 343 g/mol. The van der Waals surface area contributed by atoms with Crippen LogP contribution in [0.15, 0.2) is 24.3 Å². The molecule has 2 unspecified atom stereocenters. The molecule has 0 aromatic heterocycles. The van der Waals surface area contributed by atoms with Gasteiger partial charge in [0.2, 0.25) is 0 Å². The standard InChI is InChI=1S/C15H22N.HI/c1-12-3-5-13(6-4-12)10-16(2)11-14-7-8-15(16)9-14;/h3-6,14-15H,7-11H2,1-2H3;1H/q+1;/p-1/t14?,15?,16-;/m1./s1. The van der Waals surface area contributed by atoms with Gasteiger partial charge in [0.25, 0.3) is 0 Å². The van der Waals surface area contributed by atoms with Gasteiger partial charge in [0.15, 0.2) is 0 Å². The molecule has 0 radical (unpaired) electrons. The third kappa shape index (κ3) is 2.53. The Balaban J connectivity index is 0.00000108. The summed E-state index contributed by atoms with van der Waals surface area (Å²) in [4.78, 5) is 0. The molecular formula is C15H22IN. The highest BCUT2D eigenvalue weighted by atomic mass is 127. The van der Waals surface area contributed by atoms with Crippen molar-refractivity contribution in [3.8, 4) is 0 Å². The number of hydrogen-bond donors (Lipinski definition) is 0. The number of rotatable bonds is 2. The zero-order chi connectivity index (χ0) is 11.2. The second-order valence-corrected chi connectivity index (χ2v) is 6.14. The van der Waals surface area contributed by atoms with E-state index in [1.165, 1.54) is 48.0 Å². The number of fused-ring (bicyclic) bond motifs is 2. The summed E-state index contributed by atoms with van der Waals surface area (Å²) in [7, 11) is 2.46. The van der Waals surface area contributed by atoms with Gasteiger partial charge in [-0.05, 0) is 19.8 Å². The second-order valence-electron chi connectivity index (χ2n) is 6.14. The summed E-state index contributed by atoms with van der Waals surface area (Å²) >= 11 is 0. The molecule has 1 aliphatic carbocycles. The molecule has 3 atom stereocenters. The first-order chi connectivity index (χ1) is 7.66. The van der Waals surface area contributed by atoms with Crippen LogP contribution < -0.4 is 24.0 Å². The van der Waals surface area contributed by atoms with Crippen molar-refractivity contribution in [2.75, 3.05) is 13.6 Å². The lowest BCUT2D eigenvalue weighted by atomic mass is 10.1. The van der Waals surface area contributed by atoms with Gasteiger partial charge in [-0.2, -0.15) is 0 Å². The highest BCUT2D eigenvalue weighted by molar-refractivity contribution is 5.20. The number of aryl methyl sites for hydroxylation is 1. The molecule has 1 aliphatic heterocycles. The van der Waals surface area contributed by atoms with E-state index in [0.29, 0.717) is 0 Å². The van der Waals surface area contributed by atoms with Crippen LogP contribution in [0.3, 0.4) is 0 Å². The molecular weight excluding hydrogens is 321 g/mol. The van der Waals surface area contributed by atoms with Crippen molar-refractivity contribution < 1.29 is 28.5 Å². The van der Waals surface area contributed by atoms with E-state index in [2.05, 4.69) is 38.2 Å². The van der Waals surface area contributed by atoms with Gasteiger partial charge in [-0.15, -0.1) is 0 Å². The van der Waals surface area contributed by atoms with Gasteiger partial charge in [0, 0.05) is 17.9 Å². The summed E-state index contributed by atoms with van der Waals surface area (Å²) < 4.78 is 1.30. The molecule has 0 spiro atoms. The lowest BCUT2D eigenvalue weighted by molar-refractivity contribution is -0.938. The van der Waals surface area contributed by atoms with Gasteiger partial charge in [0.05, 0.1) is 19.6 Å². The fraction of sp³-hybridized carbons (Fsp3) is 0.600. The maximum absolute atomic E-state index is 2.46. The Morgan fingerprint density at radius 1 is 1.18 bits per heavy atom. The smallest absolute Gasteiger partial charge is 0.104 e. The second kappa shape index (κ2) is 4.88. The normalized spacial score (nSPS) is 34.7. The SMILES string of the molecule is Cc1ccc(C[N@+]2(C)CC3CCC2C3)cc1.[I-]. The van der Waals surface area contributed by atoms with Crippen molar-refractivity contribution in [2.45, 2.75) is 38.8 Å². The summed E-state index contributed by atoms with van der Waals surface area (Å²) in [5.41, 5.74) is 2.88. The fourth-order valence-electron chi connectivity index (χ4n) is 3.82. The summed E-state index contributed by atoms with van der Waals surface area (Å²) in [5, 5.41) is 0. The predicted octanol–water partition coefficient (Wildman–Crippen LogP) is 0.128. The maximum Gasteiger partial charge on any atom is 0.104 e. The largest absolute Gasteiger partial charge is 1.00 e. The molecule has 2 bridgehead atoms. The molecule has 1 aromatic carbocycles. The average Bonchev–Trinajstić information content (AvgIpc) is 2.81. The van der Waals surface area contributed by atoms with E-state index in [-0.39, 0.29) is 24.0 Å². The molecule has 94 valence electrons. The van der Waals surface area contributed by atoms with Crippen LogP contribution in [0.1, 0.15) is 30.4 Å². The lowest BCUT2D eigenvalue weighted by Crippen LogP contribution is -3.00. The zero-order valence-corrected chi connectivity index (χ0v) is 13.0. The highest BCUT2D eigenvalue weighted by Gasteiger charge is 2.48. The van der Waals surface area contributed by atoms with Crippen LogP contribution in [0.5, 0.6) is 0 Å². The molecule has 2 fully saturated rings. The number of piperidine rings is 1. The van der Waals surface area contributed by atoms with Crippen molar-refractivity contribution in [1.29, 1.82) is 0 Å². The molecule has 17 heavy (non-hydrogen) atoms. The van der Waals surface area contributed by atoms with Crippen LogP contribution >= 0.6 is 0 Å². The van der Waals surface area contributed by atoms with E-state index < -0.39 is 0 Å². The monoisotopic (exact) mass is 343 g/mol. The van der Waals surface area contributed by atoms with Crippen molar-refractivity contribution in [1.82, 2.24) is 0 Å². The van der Waals surface area contributed by atoms with Crippen LogP contribution in [-0.2, 0) is 6.54 Å². The van der Waals surface area contributed by atoms with E-state index in [1.54, 1.807) is 0 Å². The minimum absolute atomic E-state index is 0. The molecule has 0 amide bonds. The van der Waals surface area contributed by atoms with E-state index in [1.807, 2.05) is 0 Å². The van der Waals surface area contributed by atoms with Gasteiger partial charge >= 0.3 is 0 Å². The first kappa shape index (κ1) is 13.3. The van der Waals surface area contributed by atoms with Crippen LogP contribution in [-0.4, -0.2) is 24.1 Å². The number of nitrogens with zero attached hydrogens (tertiary/aromatic N) is 1. The van der Waals surface area contributed by atoms with Crippen LogP contribution in [0, 0.1) is 12.8 Å². The Bertz CT molecular complexity index is 386. The van der Waals surface area contributed by atoms with Crippen LogP contribution in [0.4, 0.5) is 0 Å². The summed E-state index contributed by atoms with van der Waals surface area (Å²) in [6, 6.07) is 10.1. The molecule has 1 heterocycles. The molecule has 1 saturated carbocycles. The maximum atomic E-state index is 2.46. The molecule has 1 saturated heterocycles. The van der Waals surface area contributed by atoms with Crippen LogP contribution in [0.2, 0.25) is 0 Å². The Labute approximate surface area is 122 Å². The van der Waals surface area contributed by atoms with E-state index in [4.69, 9.17) is 0 Å². The van der Waals surface area contributed by atoms with Crippen molar-refractivity contribution in [2.24, 2.45) is 5.92 Å². The number of quaternary nitrogens is 1. The van der Waals surface area contributed by atoms with E-state index >= 15 is 0 Å². The van der Waals surface area contributed by atoms with Gasteiger partial charge in [-0.25, -0.2) is 0 Å². The first-order valence-corrected chi connectivity index (χ1v) is 6.55. The van der Waals surface area contributed by atoms with Crippen molar-refractivity contribution >= 4 is 0 Å². The highest BCUT2D eigenvalue weighted by Crippen LogP contribution is 2.42. The predicted molar refractivity (Wildman–Crippen MR) is 67.1 cm³/mol. The Morgan fingerprint density at radius 3 is 2.41 bits per heavy atom. The van der Waals surface area contributed by atoms with Crippen molar-refractivity contribution in [3.05, 3.63) is 35.4 Å². The third-order valence-electron chi connectivity index (χ3n) is 4.73. The number of likely N-dealkylation sites (tertiary alicyclic amines) is 1. The molecule has 2 heteroatoms. The topological polar surface area (TPSA) is 0 Å². The van der Waals surface area contributed by atoms with Gasteiger partial charge in [0.1, 0.15) is 6.54 Å². The van der Waals surface area contributed by atoms with Gasteiger partial charge in [-0.1, -0.05) is 29.8 Å². The summed E-state index contributed by atoms with van der Waals surface area (Å²) in [6.07, 6.45) is 4.45.